The van der Waals surface area contributed by atoms with E-state index in [1.165, 1.54) is 35.4 Å². The summed E-state index contributed by atoms with van der Waals surface area (Å²) in [7, 11) is 0. The fourth-order valence-electron chi connectivity index (χ4n) is 3.45. The van der Waals surface area contributed by atoms with Crippen LogP contribution in [0, 0.1) is 6.92 Å². The van der Waals surface area contributed by atoms with Gasteiger partial charge in [-0.05, 0) is 30.2 Å². The van der Waals surface area contributed by atoms with E-state index in [0.29, 0.717) is 19.8 Å². The summed E-state index contributed by atoms with van der Waals surface area (Å²) >= 11 is 0. The van der Waals surface area contributed by atoms with Gasteiger partial charge in [-0.1, -0.05) is 42.0 Å². The summed E-state index contributed by atoms with van der Waals surface area (Å²) < 4.78 is 46.1. The van der Waals surface area contributed by atoms with Gasteiger partial charge in [0.15, 0.2) is 5.96 Å². The number of nitrogens with zero attached hydrogens (tertiary/aromatic N) is 2. The molecule has 0 spiro atoms. The number of aliphatic imine (C=N–C) groups is 1. The van der Waals surface area contributed by atoms with Gasteiger partial charge in [0, 0.05) is 19.6 Å². The molecule has 1 unspecified atom stereocenters. The van der Waals surface area contributed by atoms with Crippen molar-refractivity contribution in [1.82, 2.24) is 10.2 Å². The second-order valence-corrected chi connectivity index (χ2v) is 7.35. The van der Waals surface area contributed by atoms with Crippen molar-refractivity contribution >= 4 is 29.9 Å². The Morgan fingerprint density at radius 2 is 1.88 bits per heavy atom. The third-order valence-corrected chi connectivity index (χ3v) is 4.98. The van der Waals surface area contributed by atoms with Crippen LogP contribution in [0.3, 0.4) is 0 Å². The van der Waals surface area contributed by atoms with Crippen LogP contribution in [-0.4, -0.2) is 50.1 Å². The molecule has 2 aromatic rings. The van der Waals surface area contributed by atoms with Crippen molar-refractivity contribution < 1.29 is 22.6 Å². The van der Waals surface area contributed by atoms with E-state index in [4.69, 9.17) is 10.5 Å². The predicted octanol–water partition coefficient (Wildman–Crippen LogP) is 3.99. The van der Waals surface area contributed by atoms with E-state index in [9.17, 15) is 13.2 Å². The van der Waals surface area contributed by atoms with E-state index >= 15 is 0 Å². The molecule has 2 aromatic carbocycles. The second-order valence-electron chi connectivity index (χ2n) is 7.35. The molecule has 3 rings (SSSR count). The Balaban J connectivity index is 0.00000363. The number of ether oxygens (including phenoxy) is 2. The molecular formula is C22H28F3IN4O2. The molecule has 1 fully saturated rings. The highest BCUT2D eigenvalue weighted by molar-refractivity contribution is 14.0. The Morgan fingerprint density at radius 1 is 1.19 bits per heavy atom. The average Bonchev–Trinajstić information content (AvgIpc) is 2.73. The Bertz CT molecular complexity index is 872. The molecule has 10 heteroatoms. The highest BCUT2D eigenvalue weighted by Gasteiger charge is 2.31. The van der Waals surface area contributed by atoms with Crippen LogP contribution >= 0.6 is 24.0 Å². The predicted molar refractivity (Wildman–Crippen MR) is 128 cm³/mol. The number of benzene rings is 2. The van der Waals surface area contributed by atoms with E-state index in [1.807, 2.05) is 6.07 Å². The largest absolute Gasteiger partial charge is 0.573 e. The topological polar surface area (TPSA) is 72.1 Å². The molecule has 0 aliphatic carbocycles. The number of nitrogens with two attached hydrogens (primary N) is 1. The second kappa shape index (κ2) is 12.3. The maximum Gasteiger partial charge on any atom is 0.573 e. The van der Waals surface area contributed by atoms with Crippen LogP contribution in [0.4, 0.5) is 13.2 Å². The molecule has 1 aliphatic rings. The number of aryl methyl sites for hydroxylation is 1. The molecule has 1 heterocycles. The lowest BCUT2D eigenvalue weighted by molar-refractivity contribution is -0.274. The van der Waals surface area contributed by atoms with Crippen LogP contribution in [0.2, 0.25) is 0 Å². The van der Waals surface area contributed by atoms with Gasteiger partial charge in [-0.2, -0.15) is 0 Å². The zero-order valence-corrected chi connectivity index (χ0v) is 20.1. The zero-order valence-electron chi connectivity index (χ0n) is 17.8. The van der Waals surface area contributed by atoms with Crippen molar-refractivity contribution in [2.75, 3.05) is 32.8 Å². The van der Waals surface area contributed by atoms with Gasteiger partial charge >= 0.3 is 6.36 Å². The van der Waals surface area contributed by atoms with E-state index in [2.05, 4.69) is 45.1 Å². The number of guanidine groups is 1. The van der Waals surface area contributed by atoms with Crippen molar-refractivity contribution in [2.45, 2.75) is 25.9 Å². The zero-order chi connectivity index (χ0) is 22.3. The third-order valence-electron chi connectivity index (χ3n) is 4.98. The van der Waals surface area contributed by atoms with E-state index in [1.54, 1.807) is 0 Å². The standard InChI is InChI=1S/C22H27F3N4O2.HI/c1-16-3-2-4-18(13-16)20(29-9-11-30-12-10-29)15-28-21(26)27-14-17-5-7-19(8-6-17)31-22(23,24)25;/h2-8,13,20H,9-12,14-15H2,1H3,(H3,26,27,28);1H. The molecule has 176 valence electrons. The van der Waals surface area contributed by atoms with E-state index < -0.39 is 6.36 Å². The van der Waals surface area contributed by atoms with Gasteiger partial charge in [0.2, 0.25) is 0 Å². The van der Waals surface area contributed by atoms with Gasteiger partial charge < -0.3 is 20.5 Å². The summed E-state index contributed by atoms with van der Waals surface area (Å²) in [4.78, 5) is 6.66. The lowest BCUT2D eigenvalue weighted by Crippen LogP contribution is -2.45. The van der Waals surface area contributed by atoms with Crippen molar-refractivity contribution in [3.05, 3.63) is 65.2 Å². The summed E-state index contributed by atoms with van der Waals surface area (Å²) in [6, 6.07) is 14.1. The summed E-state index contributed by atoms with van der Waals surface area (Å²) in [6.45, 7) is 5.95. The van der Waals surface area contributed by atoms with Gasteiger partial charge in [-0.3, -0.25) is 4.90 Å². The molecule has 3 N–H and O–H groups in total. The first-order valence-corrected chi connectivity index (χ1v) is 10.1. The Labute approximate surface area is 203 Å². The highest BCUT2D eigenvalue weighted by atomic mass is 127. The molecule has 0 amide bonds. The van der Waals surface area contributed by atoms with E-state index in [0.717, 1.165) is 18.7 Å². The monoisotopic (exact) mass is 564 g/mol. The molecule has 1 atom stereocenters. The van der Waals surface area contributed by atoms with Gasteiger partial charge in [-0.25, -0.2) is 4.99 Å². The van der Waals surface area contributed by atoms with Crippen LogP contribution in [0.25, 0.3) is 0 Å². The molecule has 6 nitrogen and oxygen atoms in total. The van der Waals surface area contributed by atoms with Gasteiger partial charge in [0.1, 0.15) is 5.75 Å². The average molecular weight is 564 g/mol. The number of alkyl halides is 3. The first-order valence-electron chi connectivity index (χ1n) is 10.1. The first kappa shape index (κ1) is 26.2. The Kier molecular flexibility index (Phi) is 10.0. The number of rotatable bonds is 7. The lowest BCUT2D eigenvalue weighted by Gasteiger charge is -2.35. The van der Waals surface area contributed by atoms with Gasteiger partial charge in [-0.15, -0.1) is 37.1 Å². The van der Waals surface area contributed by atoms with Crippen LogP contribution in [0.15, 0.2) is 53.5 Å². The van der Waals surface area contributed by atoms with Crippen molar-refractivity contribution in [3.8, 4) is 5.75 Å². The molecule has 32 heavy (non-hydrogen) atoms. The van der Waals surface area contributed by atoms with Crippen LogP contribution in [0.1, 0.15) is 22.7 Å². The Morgan fingerprint density at radius 3 is 2.50 bits per heavy atom. The fourth-order valence-corrected chi connectivity index (χ4v) is 3.45. The van der Waals surface area contributed by atoms with Crippen LogP contribution in [-0.2, 0) is 11.3 Å². The quantitative estimate of drug-likeness (QED) is 0.303. The maximum atomic E-state index is 12.2. The van der Waals surface area contributed by atoms with Crippen molar-refractivity contribution in [3.63, 3.8) is 0 Å². The molecule has 0 radical (unpaired) electrons. The summed E-state index contributed by atoms with van der Waals surface area (Å²) in [5.74, 6) is 0.0133. The lowest BCUT2D eigenvalue weighted by atomic mass is 10.0. The summed E-state index contributed by atoms with van der Waals surface area (Å²) in [5.41, 5.74) is 9.15. The fraction of sp³-hybridized carbons (Fsp3) is 0.409. The number of hydrogen-bond donors (Lipinski definition) is 2. The third kappa shape index (κ3) is 8.47. The van der Waals surface area contributed by atoms with Crippen LogP contribution < -0.4 is 15.8 Å². The van der Waals surface area contributed by atoms with Crippen molar-refractivity contribution in [2.24, 2.45) is 10.7 Å². The summed E-state index contributed by atoms with van der Waals surface area (Å²) in [5, 5.41) is 3.18. The maximum absolute atomic E-state index is 12.2. The highest BCUT2D eigenvalue weighted by Crippen LogP contribution is 2.23. The number of nitrogens with one attached hydrogen (secondary N) is 1. The number of morpholine rings is 1. The van der Waals surface area contributed by atoms with Crippen molar-refractivity contribution in [1.29, 1.82) is 0 Å². The molecular weight excluding hydrogens is 536 g/mol. The summed E-state index contributed by atoms with van der Waals surface area (Å²) in [6.07, 6.45) is -4.71. The van der Waals surface area contributed by atoms with Crippen LogP contribution in [0.5, 0.6) is 5.75 Å². The molecule has 1 saturated heterocycles. The first-order chi connectivity index (χ1) is 14.8. The number of hydrogen-bond acceptors (Lipinski definition) is 4. The minimum Gasteiger partial charge on any atom is -0.406 e. The molecule has 1 aliphatic heterocycles. The SMILES string of the molecule is Cc1cccc(C(CNC(N)=NCc2ccc(OC(F)(F)F)cc2)N2CCOCC2)c1.I. The van der Waals surface area contributed by atoms with Gasteiger partial charge in [0.25, 0.3) is 0 Å². The van der Waals surface area contributed by atoms with E-state index in [-0.39, 0.29) is 48.3 Å². The normalized spacial score (nSPS) is 16.2. The minimum absolute atomic E-state index is 0. The Hall–Kier alpha value is -2.05. The molecule has 0 saturated carbocycles. The minimum atomic E-state index is -4.71. The number of halogens is 4. The molecule has 0 bridgehead atoms. The smallest absolute Gasteiger partial charge is 0.406 e. The molecule has 0 aromatic heterocycles. The van der Waals surface area contributed by atoms with Gasteiger partial charge in [0.05, 0.1) is 25.8 Å².